The van der Waals surface area contributed by atoms with Crippen LogP contribution in [0.4, 0.5) is 11.4 Å². The average molecular weight is 303 g/mol. The van der Waals surface area contributed by atoms with E-state index in [1.54, 1.807) is 6.07 Å². The van der Waals surface area contributed by atoms with E-state index in [0.717, 1.165) is 23.4 Å². The number of amides is 1. The van der Waals surface area contributed by atoms with Gasteiger partial charge in [0.15, 0.2) is 0 Å². The molecule has 0 aliphatic heterocycles. The van der Waals surface area contributed by atoms with E-state index in [2.05, 4.69) is 17.6 Å². The first-order valence-electron chi connectivity index (χ1n) is 6.97. The summed E-state index contributed by atoms with van der Waals surface area (Å²) in [7, 11) is 0. The lowest BCUT2D eigenvalue weighted by Crippen LogP contribution is -2.22. The summed E-state index contributed by atoms with van der Waals surface area (Å²) in [6.45, 7) is 4.28. The number of benzene rings is 2. The van der Waals surface area contributed by atoms with E-state index in [1.165, 1.54) is 5.56 Å². The van der Waals surface area contributed by atoms with Gasteiger partial charge >= 0.3 is 0 Å². The number of hydrogen-bond donors (Lipinski definition) is 2. The molecule has 2 rings (SSSR count). The molecule has 1 amide bonds. The molecule has 2 aromatic carbocycles. The topological polar surface area (TPSA) is 41.1 Å². The Hall–Kier alpha value is -2.00. The van der Waals surface area contributed by atoms with Crippen molar-refractivity contribution < 1.29 is 4.79 Å². The number of hydrogen-bond acceptors (Lipinski definition) is 2. The lowest BCUT2D eigenvalue weighted by atomic mass is 10.1. The van der Waals surface area contributed by atoms with Gasteiger partial charge in [-0.3, -0.25) is 4.79 Å². The summed E-state index contributed by atoms with van der Waals surface area (Å²) in [4.78, 5) is 11.9. The van der Waals surface area contributed by atoms with Crippen molar-refractivity contribution in [3.05, 3.63) is 58.6 Å². The van der Waals surface area contributed by atoms with Crippen molar-refractivity contribution in [2.45, 2.75) is 20.3 Å². The van der Waals surface area contributed by atoms with E-state index in [9.17, 15) is 4.79 Å². The minimum Gasteiger partial charge on any atom is -0.376 e. The number of rotatable bonds is 5. The molecule has 0 aromatic heterocycles. The summed E-state index contributed by atoms with van der Waals surface area (Å²) >= 11 is 5.90. The highest BCUT2D eigenvalue weighted by molar-refractivity contribution is 6.30. The SMILES string of the molecule is CCc1ccc(NC(=O)CNc2ccc(Cl)cc2C)cc1. The van der Waals surface area contributed by atoms with Crippen LogP contribution in [0.2, 0.25) is 5.02 Å². The predicted molar refractivity (Wildman–Crippen MR) is 89.1 cm³/mol. The van der Waals surface area contributed by atoms with Gasteiger partial charge in [0.1, 0.15) is 0 Å². The van der Waals surface area contributed by atoms with E-state index < -0.39 is 0 Å². The number of carbonyl (C=O) groups excluding carboxylic acids is 1. The molecule has 21 heavy (non-hydrogen) atoms. The van der Waals surface area contributed by atoms with Gasteiger partial charge in [-0.15, -0.1) is 0 Å². The Kier molecular flexibility index (Phi) is 5.23. The second-order valence-corrected chi connectivity index (χ2v) is 5.35. The van der Waals surface area contributed by atoms with E-state index in [-0.39, 0.29) is 12.5 Å². The minimum atomic E-state index is -0.0754. The first-order chi connectivity index (χ1) is 10.1. The van der Waals surface area contributed by atoms with Crippen molar-refractivity contribution >= 4 is 28.9 Å². The fourth-order valence-corrected chi connectivity index (χ4v) is 2.26. The fraction of sp³-hybridized carbons (Fsp3) is 0.235. The van der Waals surface area contributed by atoms with Crippen molar-refractivity contribution in [3.8, 4) is 0 Å². The van der Waals surface area contributed by atoms with Crippen LogP contribution >= 0.6 is 11.6 Å². The maximum atomic E-state index is 11.9. The Labute approximate surface area is 130 Å². The van der Waals surface area contributed by atoms with Crippen LogP contribution in [0.15, 0.2) is 42.5 Å². The molecule has 0 radical (unpaired) electrons. The van der Waals surface area contributed by atoms with Crippen LogP contribution in [0.25, 0.3) is 0 Å². The first kappa shape index (κ1) is 15.4. The van der Waals surface area contributed by atoms with Gasteiger partial charge in [0.05, 0.1) is 6.54 Å². The number of aryl methyl sites for hydroxylation is 2. The molecule has 2 N–H and O–H groups in total. The molecule has 0 spiro atoms. The van der Waals surface area contributed by atoms with Gasteiger partial charge in [-0.05, 0) is 54.8 Å². The molecule has 0 fully saturated rings. The van der Waals surface area contributed by atoms with Crippen LogP contribution in [-0.2, 0) is 11.2 Å². The molecule has 0 unspecified atom stereocenters. The third-order valence-electron chi connectivity index (χ3n) is 3.27. The number of carbonyl (C=O) groups is 1. The summed E-state index contributed by atoms with van der Waals surface area (Å²) in [6, 6.07) is 13.4. The molecule has 0 aliphatic carbocycles. The zero-order valence-electron chi connectivity index (χ0n) is 12.2. The third-order valence-corrected chi connectivity index (χ3v) is 3.51. The second-order valence-electron chi connectivity index (χ2n) is 4.91. The van der Waals surface area contributed by atoms with Crippen LogP contribution in [0.3, 0.4) is 0 Å². The van der Waals surface area contributed by atoms with Gasteiger partial charge in [-0.2, -0.15) is 0 Å². The number of halogens is 1. The molecule has 110 valence electrons. The first-order valence-corrected chi connectivity index (χ1v) is 7.35. The second kappa shape index (κ2) is 7.14. The van der Waals surface area contributed by atoms with Crippen LogP contribution in [0, 0.1) is 6.92 Å². The minimum absolute atomic E-state index is 0.0754. The van der Waals surface area contributed by atoms with Crippen molar-refractivity contribution in [1.29, 1.82) is 0 Å². The molecular formula is C17H19ClN2O. The molecule has 3 nitrogen and oxygen atoms in total. The van der Waals surface area contributed by atoms with E-state index in [4.69, 9.17) is 11.6 Å². The van der Waals surface area contributed by atoms with Gasteiger partial charge in [0, 0.05) is 16.4 Å². The Morgan fingerprint density at radius 1 is 1.14 bits per heavy atom. The van der Waals surface area contributed by atoms with Crippen molar-refractivity contribution in [3.63, 3.8) is 0 Å². The van der Waals surface area contributed by atoms with Gasteiger partial charge in [0.2, 0.25) is 5.91 Å². The van der Waals surface area contributed by atoms with Gasteiger partial charge in [-0.1, -0.05) is 30.7 Å². The summed E-state index contributed by atoms with van der Waals surface area (Å²) in [5.41, 5.74) is 3.99. The van der Waals surface area contributed by atoms with Crippen LogP contribution in [0.5, 0.6) is 0 Å². The zero-order chi connectivity index (χ0) is 15.2. The Morgan fingerprint density at radius 3 is 2.48 bits per heavy atom. The molecule has 0 aliphatic rings. The predicted octanol–water partition coefficient (Wildman–Crippen LogP) is 4.26. The van der Waals surface area contributed by atoms with Crippen LogP contribution in [0.1, 0.15) is 18.1 Å². The van der Waals surface area contributed by atoms with Gasteiger partial charge in [-0.25, -0.2) is 0 Å². The van der Waals surface area contributed by atoms with E-state index >= 15 is 0 Å². The van der Waals surface area contributed by atoms with Gasteiger partial charge in [0.25, 0.3) is 0 Å². The third kappa shape index (κ3) is 4.50. The lowest BCUT2D eigenvalue weighted by molar-refractivity contribution is -0.114. The molecular weight excluding hydrogens is 284 g/mol. The zero-order valence-corrected chi connectivity index (χ0v) is 13.0. The van der Waals surface area contributed by atoms with Gasteiger partial charge < -0.3 is 10.6 Å². The van der Waals surface area contributed by atoms with Crippen molar-refractivity contribution in [2.24, 2.45) is 0 Å². The number of anilines is 2. The quantitative estimate of drug-likeness (QED) is 0.866. The summed E-state index contributed by atoms with van der Waals surface area (Å²) in [5.74, 6) is -0.0754. The monoisotopic (exact) mass is 302 g/mol. The lowest BCUT2D eigenvalue weighted by Gasteiger charge is -2.10. The fourth-order valence-electron chi connectivity index (χ4n) is 2.03. The highest BCUT2D eigenvalue weighted by atomic mass is 35.5. The van der Waals surface area contributed by atoms with E-state index in [1.807, 2.05) is 43.3 Å². The molecule has 0 saturated heterocycles. The molecule has 0 atom stereocenters. The molecule has 0 bridgehead atoms. The normalized spacial score (nSPS) is 10.2. The maximum absolute atomic E-state index is 11.9. The van der Waals surface area contributed by atoms with Crippen LogP contribution in [-0.4, -0.2) is 12.5 Å². The van der Waals surface area contributed by atoms with Crippen molar-refractivity contribution in [1.82, 2.24) is 0 Å². The highest BCUT2D eigenvalue weighted by Crippen LogP contribution is 2.19. The average Bonchev–Trinajstić information content (AvgIpc) is 2.47. The summed E-state index contributed by atoms with van der Waals surface area (Å²) < 4.78 is 0. The van der Waals surface area contributed by atoms with E-state index in [0.29, 0.717) is 5.02 Å². The smallest absolute Gasteiger partial charge is 0.243 e. The van der Waals surface area contributed by atoms with Crippen LogP contribution < -0.4 is 10.6 Å². The maximum Gasteiger partial charge on any atom is 0.243 e. The number of nitrogens with one attached hydrogen (secondary N) is 2. The summed E-state index contributed by atoms with van der Waals surface area (Å²) in [6.07, 6.45) is 0.992. The Bertz CT molecular complexity index is 623. The largest absolute Gasteiger partial charge is 0.376 e. The summed E-state index contributed by atoms with van der Waals surface area (Å²) in [5, 5.41) is 6.67. The molecule has 2 aromatic rings. The molecule has 4 heteroatoms. The standard InChI is InChI=1S/C17H19ClN2O/c1-3-13-4-7-15(8-5-13)20-17(21)11-19-16-9-6-14(18)10-12(16)2/h4-10,19H,3,11H2,1-2H3,(H,20,21). The molecule has 0 saturated carbocycles. The Morgan fingerprint density at radius 2 is 1.86 bits per heavy atom. The highest BCUT2D eigenvalue weighted by Gasteiger charge is 2.04. The van der Waals surface area contributed by atoms with Crippen molar-refractivity contribution in [2.75, 3.05) is 17.2 Å². The Balaban J connectivity index is 1.89. The molecule has 0 heterocycles.